The molecule has 8 heteroatoms. The van der Waals surface area contributed by atoms with Crippen LogP contribution in [0.2, 0.25) is 5.02 Å². The van der Waals surface area contributed by atoms with E-state index in [1.54, 1.807) is 17.4 Å². The number of rotatable bonds is 9. The number of nitrogens with one attached hydrogen (secondary N) is 1. The van der Waals surface area contributed by atoms with Gasteiger partial charge >= 0.3 is 5.97 Å². The van der Waals surface area contributed by atoms with Gasteiger partial charge in [0.2, 0.25) is 11.8 Å². The van der Waals surface area contributed by atoms with Crippen molar-refractivity contribution in [2.75, 3.05) is 16.8 Å². The van der Waals surface area contributed by atoms with Crippen LogP contribution in [0.5, 0.6) is 0 Å². The van der Waals surface area contributed by atoms with Crippen LogP contribution in [0.15, 0.2) is 59.4 Å². The summed E-state index contributed by atoms with van der Waals surface area (Å²) in [5.74, 6) is -1.64. The zero-order valence-corrected chi connectivity index (χ0v) is 19.2. The molecule has 2 N–H and O–H groups in total. The van der Waals surface area contributed by atoms with Gasteiger partial charge in [-0.1, -0.05) is 23.7 Å². The summed E-state index contributed by atoms with van der Waals surface area (Å²) in [6.45, 7) is 4.35. The Morgan fingerprint density at radius 3 is 2.52 bits per heavy atom. The van der Waals surface area contributed by atoms with Crippen molar-refractivity contribution in [2.24, 2.45) is 0 Å². The molecule has 2 amide bonds. The van der Waals surface area contributed by atoms with E-state index in [4.69, 9.17) is 16.0 Å². The number of benzene rings is 2. The summed E-state index contributed by atoms with van der Waals surface area (Å²) in [6, 6.07) is 12.0. The van der Waals surface area contributed by atoms with Crippen LogP contribution in [0.1, 0.15) is 42.1 Å². The first-order valence-electron chi connectivity index (χ1n) is 10.6. The molecule has 0 unspecified atom stereocenters. The Bertz CT molecular complexity index is 1160. The van der Waals surface area contributed by atoms with Gasteiger partial charge in [-0.25, -0.2) is 4.79 Å². The number of nitrogens with zero attached hydrogens (tertiary/aromatic N) is 1. The molecule has 1 heterocycles. The summed E-state index contributed by atoms with van der Waals surface area (Å²) >= 11 is 5.84. The van der Waals surface area contributed by atoms with Crippen molar-refractivity contribution in [2.45, 2.75) is 33.1 Å². The summed E-state index contributed by atoms with van der Waals surface area (Å²) in [7, 11) is 0. The number of carbonyl (C=O) groups is 3. The summed E-state index contributed by atoms with van der Waals surface area (Å²) in [5.41, 5.74) is 3.76. The molecule has 0 atom stereocenters. The minimum atomic E-state index is -1.19. The Kier molecular flexibility index (Phi) is 7.90. The van der Waals surface area contributed by atoms with Crippen molar-refractivity contribution in [3.05, 3.63) is 71.1 Å². The predicted octanol–water partition coefficient (Wildman–Crippen LogP) is 5.77. The molecule has 0 aliphatic rings. The first-order valence-corrected chi connectivity index (χ1v) is 10.9. The highest BCUT2D eigenvalue weighted by atomic mass is 35.5. The topological polar surface area (TPSA) is 99.9 Å². The summed E-state index contributed by atoms with van der Waals surface area (Å²) < 4.78 is 5.16. The van der Waals surface area contributed by atoms with Gasteiger partial charge in [0.05, 0.1) is 23.8 Å². The second-order valence-corrected chi connectivity index (χ2v) is 7.98. The van der Waals surface area contributed by atoms with Crippen LogP contribution < -0.4 is 10.2 Å². The molecule has 3 aromatic rings. The van der Waals surface area contributed by atoms with Crippen LogP contribution in [0.3, 0.4) is 0 Å². The average Bonchev–Trinajstić information content (AvgIpc) is 3.31. The average molecular weight is 469 g/mol. The van der Waals surface area contributed by atoms with Gasteiger partial charge in [-0.05, 0) is 61.7 Å². The maximum Gasteiger partial charge on any atom is 0.337 e. The minimum Gasteiger partial charge on any atom is -0.478 e. The van der Waals surface area contributed by atoms with E-state index in [-0.39, 0.29) is 40.9 Å². The molecule has 0 saturated carbocycles. The predicted molar refractivity (Wildman–Crippen MR) is 128 cm³/mol. The molecule has 0 radical (unpaired) electrons. The van der Waals surface area contributed by atoms with Crippen molar-refractivity contribution in [1.82, 2.24) is 0 Å². The van der Waals surface area contributed by atoms with E-state index in [0.29, 0.717) is 13.0 Å². The van der Waals surface area contributed by atoms with Gasteiger partial charge in [-0.3, -0.25) is 9.59 Å². The Morgan fingerprint density at radius 2 is 1.85 bits per heavy atom. The van der Waals surface area contributed by atoms with Gasteiger partial charge in [-0.15, -0.1) is 0 Å². The van der Waals surface area contributed by atoms with Gasteiger partial charge in [0.1, 0.15) is 0 Å². The lowest BCUT2D eigenvalue weighted by atomic mass is 10.0. The number of aryl methyl sites for hydroxylation is 1. The van der Waals surface area contributed by atoms with Crippen LogP contribution in [-0.2, 0) is 9.59 Å². The number of anilines is 2. The lowest BCUT2D eigenvalue weighted by molar-refractivity contribution is -0.119. The van der Waals surface area contributed by atoms with Crippen LogP contribution >= 0.6 is 11.6 Å². The first kappa shape index (κ1) is 24.1. The molecule has 0 bridgehead atoms. The largest absolute Gasteiger partial charge is 0.478 e. The third-order valence-corrected chi connectivity index (χ3v) is 5.49. The fourth-order valence-electron chi connectivity index (χ4n) is 3.54. The number of hydrogen-bond donors (Lipinski definition) is 2. The molecule has 0 aliphatic carbocycles. The van der Waals surface area contributed by atoms with E-state index >= 15 is 0 Å². The van der Waals surface area contributed by atoms with E-state index in [1.807, 2.05) is 38.1 Å². The van der Waals surface area contributed by atoms with Gasteiger partial charge in [0, 0.05) is 35.7 Å². The minimum absolute atomic E-state index is 0.0824. The number of halogens is 1. The molecule has 2 aromatic carbocycles. The van der Waals surface area contributed by atoms with Crippen LogP contribution in [-0.4, -0.2) is 29.4 Å². The molecule has 0 fully saturated rings. The zero-order chi connectivity index (χ0) is 24.0. The van der Waals surface area contributed by atoms with Crippen molar-refractivity contribution in [3.63, 3.8) is 0 Å². The number of carbonyl (C=O) groups excluding carboxylic acids is 2. The fraction of sp³-hybridized carbons (Fsp3) is 0.240. The summed E-state index contributed by atoms with van der Waals surface area (Å²) in [6.07, 6.45) is 3.85. The lowest BCUT2D eigenvalue weighted by Gasteiger charge is -2.24. The monoisotopic (exact) mass is 468 g/mol. The van der Waals surface area contributed by atoms with Gasteiger partial charge in [0.25, 0.3) is 0 Å². The quantitative estimate of drug-likeness (QED) is 0.415. The Balaban J connectivity index is 1.62. The van der Waals surface area contributed by atoms with E-state index in [9.17, 15) is 19.5 Å². The number of aromatic carboxylic acids is 1. The van der Waals surface area contributed by atoms with Crippen molar-refractivity contribution in [1.29, 1.82) is 0 Å². The number of amides is 2. The third kappa shape index (κ3) is 6.02. The Hall–Kier alpha value is -3.58. The highest BCUT2D eigenvalue weighted by molar-refractivity contribution is 6.31. The maximum atomic E-state index is 12.9. The molecule has 3 rings (SSSR count). The van der Waals surface area contributed by atoms with Gasteiger partial charge in [0.15, 0.2) is 0 Å². The third-order valence-electron chi connectivity index (χ3n) is 5.25. The fourth-order valence-corrected chi connectivity index (χ4v) is 3.71. The van der Waals surface area contributed by atoms with E-state index in [0.717, 1.165) is 22.4 Å². The summed E-state index contributed by atoms with van der Waals surface area (Å²) in [5, 5.41) is 12.1. The molecular weight excluding hydrogens is 444 g/mol. The molecule has 0 spiro atoms. The highest BCUT2D eigenvalue weighted by Crippen LogP contribution is 2.29. The van der Waals surface area contributed by atoms with E-state index in [1.165, 1.54) is 18.2 Å². The van der Waals surface area contributed by atoms with Crippen molar-refractivity contribution >= 4 is 40.8 Å². The van der Waals surface area contributed by atoms with Crippen molar-refractivity contribution < 1.29 is 23.9 Å². The molecule has 0 saturated heterocycles. The number of hydrogen-bond acceptors (Lipinski definition) is 4. The molecule has 1 aromatic heterocycles. The van der Waals surface area contributed by atoms with Crippen LogP contribution in [0.4, 0.5) is 11.4 Å². The summed E-state index contributed by atoms with van der Waals surface area (Å²) in [4.78, 5) is 38.3. The molecule has 172 valence electrons. The molecular formula is C25H25ClN2O5. The van der Waals surface area contributed by atoms with E-state index < -0.39 is 5.97 Å². The van der Waals surface area contributed by atoms with Gasteiger partial charge < -0.3 is 19.7 Å². The smallest absolute Gasteiger partial charge is 0.337 e. The molecule has 7 nitrogen and oxygen atoms in total. The Morgan fingerprint density at radius 1 is 1.06 bits per heavy atom. The maximum absolute atomic E-state index is 12.9. The van der Waals surface area contributed by atoms with Crippen molar-refractivity contribution in [3.8, 4) is 11.1 Å². The second-order valence-electron chi connectivity index (χ2n) is 7.55. The number of carboxylic acids is 1. The standard InChI is InChI=1S/C25H25ClN2O5/c1-3-28(22-13-17(8-7-16(22)2)18-11-12-33-15-18)24(30)6-4-5-23(29)27-21-10-9-19(26)14-20(21)25(31)32/h7-15H,3-6H2,1-2H3,(H,27,29)(H,31,32). The van der Waals surface area contributed by atoms with Gasteiger partial charge in [-0.2, -0.15) is 0 Å². The molecule has 0 aliphatic heterocycles. The SMILES string of the molecule is CCN(C(=O)CCCC(=O)Nc1ccc(Cl)cc1C(=O)O)c1cc(-c2ccoc2)ccc1C. The number of carboxylic acid groups (broad SMARTS) is 1. The first-order chi connectivity index (χ1) is 15.8. The van der Waals surface area contributed by atoms with E-state index in [2.05, 4.69) is 5.32 Å². The lowest BCUT2D eigenvalue weighted by Crippen LogP contribution is -2.31. The second kappa shape index (κ2) is 10.8. The molecule has 33 heavy (non-hydrogen) atoms. The number of furan rings is 1. The zero-order valence-electron chi connectivity index (χ0n) is 18.4. The van der Waals surface area contributed by atoms with Crippen LogP contribution in [0, 0.1) is 6.92 Å². The normalized spacial score (nSPS) is 10.6. The van der Waals surface area contributed by atoms with Crippen LogP contribution in [0.25, 0.3) is 11.1 Å². The highest BCUT2D eigenvalue weighted by Gasteiger charge is 2.18. The Labute approximate surface area is 197 Å².